The van der Waals surface area contributed by atoms with Gasteiger partial charge in [0.2, 0.25) is 0 Å². The van der Waals surface area contributed by atoms with E-state index in [-0.39, 0.29) is 40.4 Å². The van der Waals surface area contributed by atoms with Gasteiger partial charge in [-0.2, -0.15) is 0 Å². The number of carbonyl (C=O) groups excluding carboxylic acids is 1. The minimum Gasteiger partial charge on any atom is -0.457 e. The number of hydrogen-bond acceptors (Lipinski definition) is 5. The van der Waals surface area contributed by atoms with Gasteiger partial charge in [-0.05, 0) is 49.4 Å². The average molecular weight is 411 g/mol. The van der Waals surface area contributed by atoms with Crippen LogP contribution in [-0.4, -0.2) is 27.1 Å². The highest BCUT2D eigenvalue weighted by Gasteiger charge is 2.43. The Morgan fingerprint density at radius 1 is 1.17 bits per heavy atom. The van der Waals surface area contributed by atoms with Crippen molar-refractivity contribution in [2.75, 3.05) is 0 Å². The summed E-state index contributed by atoms with van der Waals surface area (Å²) in [6.07, 6.45) is 8.04. The number of furan rings is 1. The Bertz CT molecular complexity index is 1080. The number of aryl methyl sites for hydroxylation is 1. The van der Waals surface area contributed by atoms with Gasteiger partial charge in [0.25, 0.3) is 5.56 Å². The van der Waals surface area contributed by atoms with E-state index >= 15 is 0 Å². The Morgan fingerprint density at radius 2 is 1.97 bits per heavy atom. The molecule has 0 unspecified atom stereocenters. The van der Waals surface area contributed by atoms with Crippen molar-refractivity contribution in [3.05, 3.63) is 45.6 Å². The lowest BCUT2D eigenvalue weighted by molar-refractivity contribution is -0.00584. The number of aromatic amines is 1. The maximum absolute atomic E-state index is 13.8. The molecule has 3 N–H and O–H groups in total. The number of aliphatic hydroxyl groups excluding tert-OH is 2. The van der Waals surface area contributed by atoms with Crippen LogP contribution in [0, 0.1) is 29.6 Å². The lowest BCUT2D eigenvalue weighted by Crippen LogP contribution is -2.40. The second-order valence-electron chi connectivity index (χ2n) is 9.61. The van der Waals surface area contributed by atoms with Crippen LogP contribution < -0.4 is 5.56 Å². The van der Waals surface area contributed by atoms with Crippen LogP contribution in [0.5, 0.6) is 0 Å². The Kier molecular flexibility index (Phi) is 4.75. The Labute approximate surface area is 175 Å². The first kappa shape index (κ1) is 19.8. The summed E-state index contributed by atoms with van der Waals surface area (Å²) < 4.78 is 5.92. The zero-order valence-corrected chi connectivity index (χ0v) is 17.4. The summed E-state index contributed by atoms with van der Waals surface area (Å²) in [4.78, 5) is 29.4. The van der Waals surface area contributed by atoms with E-state index in [0.717, 1.165) is 24.8 Å². The number of carbonyl (C=O) groups is 1. The van der Waals surface area contributed by atoms with E-state index in [1.807, 2.05) is 0 Å². The monoisotopic (exact) mass is 411 g/mol. The molecule has 2 aromatic rings. The highest BCUT2D eigenvalue weighted by Crippen LogP contribution is 2.46. The molecule has 2 aromatic heterocycles. The number of fused-ring (bicyclic) bond motifs is 4. The molecule has 0 amide bonds. The van der Waals surface area contributed by atoms with Crippen LogP contribution in [0.3, 0.4) is 0 Å². The second kappa shape index (κ2) is 7.20. The molecule has 0 aromatic carbocycles. The van der Waals surface area contributed by atoms with E-state index in [1.165, 1.54) is 0 Å². The summed E-state index contributed by atoms with van der Waals surface area (Å²) in [5.74, 6) is 1.17. The summed E-state index contributed by atoms with van der Waals surface area (Å²) in [5, 5.41) is 21.1. The van der Waals surface area contributed by atoms with Crippen molar-refractivity contribution in [2.24, 2.45) is 29.6 Å². The second-order valence-corrected chi connectivity index (χ2v) is 9.61. The largest absolute Gasteiger partial charge is 0.457 e. The number of aromatic nitrogens is 1. The molecular weight excluding hydrogens is 382 g/mol. The van der Waals surface area contributed by atoms with E-state index in [4.69, 9.17) is 4.42 Å². The fraction of sp³-hybridized carbons (Fsp3) is 0.583. The fourth-order valence-electron chi connectivity index (χ4n) is 6.04. The zero-order chi connectivity index (χ0) is 21.2. The molecule has 1 fully saturated rings. The summed E-state index contributed by atoms with van der Waals surface area (Å²) in [7, 11) is 0. The highest BCUT2D eigenvalue weighted by atomic mass is 16.4. The molecule has 0 aliphatic heterocycles. The van der Waals surface area contributed by atoms with Gasteiger partial charge in [0.15, 0.2) is 11.4 Å². The maximum Gasteiger partial charge on any atom is 0.262 e. The van der Waals surface area contributed by atoms with E-state index in [0.29, 0.717) is 30.1 Å². The first-order chi connectivity index (χ1) is 14.4. The van der Waals surface area contributed by atoms with E-state index < -0.39 is 17.8 Å². The SMILES string of the molecule is C[C@@H]1CC[C@H]2[C@H](C(=O)c3c(=O)[nH]cc4c5c(oc34)[C@H](O)[C@H](O)CC5)[C@H](C)C=C[C@@H]2C1. The number of pyridine rings is 1. The van der Waals surface area contributed by atoms with Gasteiger partial charge in [-0.1, -0.05) is 32.4 Å². The standard InChI is InChI=1S/C24H29NO5/c1-11-3-6-14-13(9-11)5-4-12(2)18(14)21(28)19-22-16(10-25-24(19)29)15-7-8-17(26)20(27)23(15)30-22/h4-5,10-14,17-18,20,26-27H,3,6-9H2,1-2H3,(H,25,29)/t11-,12-,13-,14-,17-,18-,20-/m1/s1. The van der Waals surface area contributed by atoms with Crippen molar-refractivity contribution < 1.29 is 19.4 Å². The van der Waals surface area contributed by atoms with Crippen molar-refractivity contribution in [1.82, 2.24) is 4.98 Å². The minimum atomic E-state index is -1.14. The molecule has 0 radical (unpaired) electrons. The van der Waals surface area contributed by atoms with Crippen molar-refractivity contribution in [2.45, 2.75) is 58.2 Å². The first-order valence-electron chi connectivity index (χ1n) is 11.1. The van der Waals surface area contributed by atoms with Crippen LogP contribution in [0.25, 0.3) is 11.0 Å². The van der Waals surface area contributed by atoms with Crippen LogP contribution >= 0.6 is 0 Å². The minimum absolute atomic E-state index is 0.0545. The average Bonchev–Trinajstić information content (AvgIpc) is 3.09. The smallest absolute Gasteiger partial charge is 0.262 e. The predicted molar refractivity (Wildman–Crippen MR) is 112 cm³/mol. The van der Waals surface area contributed by atoms with Gasteiger partial charge < -0.3 is 19.6 Å². The van der Waals surface area contributed by atoms with Crippen LogP contribution in [0.4, 0.5) is 0 Å². The maximum atomic E-state index is 13.8. The van der Waals surface area contributed by atoms with Crippen molar-refractivity contribution >= 4 is 16.8 Å². The van der Waals surface area contributed by atoms with Gasteiger partial charge in [-0.15, -0.1) is 0 Å². The van der Waals surface area contributed by atoms with E-state index in [9.17, 15) is 19.8 Å². The number of Topliss-reactive ketones (excluding diaryl/α,β-unsaturated/α-hetero) is 1. The van der Waals surface area contributed by atoms with Crippen LogP contribution in [0.1, 0.15) is 67.3 Å². The summed E-state index contributed by atoms with van der Waals surface area (Å²) in [5.41, 5.74) is 0.641. The highest BCUT2D eigenvalue weighted by molar-refractivity contribution is 6.07. The van der Waals surface area contributed by atoms with Crippen LogP contribution in [0.15, 0.2) is 27.6 Å². The molecule has 3 aliphatic carbocycles. The van der Waals surface area contributed by atoms with Gasteiger partial charge in [-0.3, -0.25) is 9.59 Å². The zero-order valence-electron chi connectivity index (χ0n) is 17.4. The number of allylic oxidation sites excluding steroid dienone is 2. The third kappa shape index (κ3) is 2.92. The van der Waals surface area contributed by atoms with Crippen molar-refractivity contribution in [1.29, 1.82) is 0 Å². The number of H-pyrrole nitrogens is 1. The van der Waals surface area contributed by atoms with Crippen molar-refractivity contribution in [3.8, 4) is 0 Å². The molecule has 5 rings (SSSR count). The van der Waals surface area contributed by atoms with Crippen LogP contribution in [0.2, 0.25) is 0 Å². The third-order valence-corrected chi connectivity index (χ3v) is 7.66. The number of rotatable bonds is 2. The molecular formula is C24H29NO5. The van der Waals surface area contributed by atoms with Gasteiger partial charge in [0.1, 0.15) is 17.4 Å². The molecule has 6 nitrogen and oxygen atoms in total. The van der Waals surface area contributed by atoms with Crippen molar-refractivity contribution in [3.63, 3.8) is 0 Å². The topological polar surface area (TPSA) is 104 Å². The summed E-state index contributed by atoms with van der Waals surface area (Å²) in [6.45, 7) is 4.31. The quantitative estimate of drug-likeness (QED) is 0.518. The Hall–Kier alpha value is -2.18. The summed E-state index contributed by atoms with van der Waals surface area (Å²) in [6, 6.07) is 0. The third-order valence-electron chi connectivity index (χ3n) is 7.66. The van der Waals surface area contributed by atoms with E-state index in [2.05, 4.69) is 31.0 Å². The van der Waals surface area contributed by atoms with E-state index in [1.54, 1.807) is 6.20 Å². The Balaban J connectivity index is 1.61. The molecule has 30 heavy (non-hydrogen) atoms. The molecule has 0 spiro atoms. The lowest BCUT2D eigenvalue weighted by Gasteiger charge is -2.42. The van der Waals surface area contributed by atoms with Gasteiger partial charge in [0, 0.05) is 23.1 Å². The number of nitrogens with one attached hydrogen (secondary N) is 1. The molecule has 2 heterocycles. The Morgan fingerprint density at radius 3 is 2.77 bits per heavy atom. The number of aliphatic hydroxyl groups is 2. The van der Waals surface area contributed by atoms with Crippen LogP contribution in [-0.2, 0) is 6.42 Å². The predicted octanol–water partition coefficient (Wildman–Crippen LogP) is 3.52. The molecule has 1 saturated carbocycles. The molecule has 160 valence electrons. The lowest BCUT2D eigenvalue weighted by atomic mass is 9.61. The number of ketones is 1. The molecule has 0 saturated heterocycles. The molecule has 0 bridgehead atoms. The first-order valence-corrected chi connectivity index (χ1v) is 11.1. The molecule has 6 heteroatoms. The number of hydrogen-bond donors (Lipinski definition) is 3. The van der Waals surface area contributed by atoms with Gasteiger partial charge in [-0.25, -0.2) is 0 Å². The van der Waals surface area contributed by atoms with Gasteiger partial charge in [0.05, 0.1) is 6.10 Å². The molecule has 7 atom stereocenters. The normalized spacial score (nSPS) is 35.8. The van der Waals surface area contributed by atoms with Gasteiger partial charge >= 0.3 is 0 Å². The fourth-order valence-corrected chi connectivity index (χ4v) is 6.04. The molecule has 3 aliphatic rings. The summed E-state index contributed by atoms with van der Waals surface area (Å²) >= 11 is 0.